The van der Waals surface area contributed by atoms with Crippen molar-refractivity contribution in [2.45, 2.75) is 0 Å². The third-order valence-corrected chi connectivity index (χ3v) is 7.23. The summed E-state index contributed by atoms with van der Waals surface area (Å²) in [6.45, 7) is 0. The summed E-state index contributed by atoms with van der Waals surface area (Å²) in [4.78, 5) is 0. The van der Waals surface area contributed by atoms with Gasteiger partial charge in [-0.05, 0) is 50.9 Å². The Morgan fingerprint density at radius 2 is 1.03 bits per heavy atom. The van der Waals surface area contributed by atoms with Crippen molar-refractivity contribution in [3.05, 3.63) is 78.9 Å². The molecule has 148 valence electrons. The van der Waals surface area contributed by atoms with Crippen molar-refractivity contribution in [3.8, 4) is 11.1 Å². The van der Waals surface area contributed by atoms with Crippen LogP contribution in [0.4, 0.5) is 11.4 Å². The summed E-state index contributed by atoms with van der Waals surface area (Å²) in [5.74, 6) is 0. The van der Waals surface area contributed by atoms with Crippen LogP contribution in [0.3, 0.4) is 0 Å². The number of anilines is 2. The Kier molecular flexibility index (Phi) is 5.17. The first-order valence-electron chi connectivity index (χ1n) is 11.3. The second-order valence-electron chi connectivity index (χ2n) is 8.89. The van der Waals surface area contributed by atoms with Crippen LogP contribution in [0.1, 0.15) is 0 Å². The van der Waals surface area contributed by atoms with Gasteiger partial charge >= 0.3 is 0 Å². The average molecular weight is 405 g/mol. The third kappa shape index (κ3) is 3.35. The lowest BCUT2D eigenvalue weighted by atomic mass is 9.61. The Hall–Kier alpha value is -3.26. The monoisotopic (exact) mass is 405 g/mol. The molecule has 1 N–H and O–H groups in total. The molecule has 0 aromatic heterocycles. The van der Waals surface area contributed by atoms with Gasteiger partial charge in [0.1, 0.15) is 39.2 Å². The molecule has 0 saturated carbocycles. The molecule has 0 amide bonds. The maximum Gasteiger partial charge on any atom is 0.141 e. The van der Waals surface area contributed by atoms with Crippen LogP contribution in [0.5, 0.6) is 0 Å². The number of hydrogen-bond donors (Lipinski definition) is 1. The molecule has 5 aromatic rings. The largest absolute Gasteiger partial charge is 0.356 e. The van der Waals surface area contributed by atoms with Gasteiger partial charge < -0.3 is 5.32 Å². The van der Waals surface area contributed by atoms with Crippen LogP contribution in [0.2, 0.25) is 0 Å². The first kappa shape index (κ1) is 20.6. The van der Waals surface area contributed by atoms with Gasteiger partial charge in [0.2, 0.25) is 0 Å². The van der Waals surface area contributed by atoms with Gasteiger partial charge in [-0.3, -0.25) is 0 Å². The van der Waals surface area contributed by atoms with Crippen LogP contribution in [0.15, 0.2) is 78.9 Å². The van der Waals surface area contributed by atoms with Crippen molar-refractivity contribution < 1.29 is 0 Å². The first-order chi connectivity index (χ1) is 15.5. The molecule has 1 nitrogen and oxygen atoms in total. The third-order valence-electron chi connectivity index (χ3n) is 7.23. The fourth-order valence-corrected chi connectivity index (χ4v) is 4.86. The molecule has 0 heterocycles. The molecule has 0 bridgehead atoms. The van der Waals surface area contributed by atoms with E-state index >= 15 is 0 Å². The standard InChI is InChI=1S/C26H24B5N/c27-21-22(28)24(30)26(25(31)23(21)29)32-16-11-9-14(10-12-16)20-13-15-5-1-2-6-17(15)18-7-3-4-8-19(18)20/h1-13,32H,27-31H2. The highest BCUT2D eigenvalue weighted by atomic mass is 14.9. The second kappa shape index (κ2) is 8.02. The zero-order valence-electron chi connectivity index (χ0n) is 19.5. The van der Waals surface area contributed by atoms with E-state index in [2.05, 4.69) is 123 Å². The van der Waals surface area contributed by atoms with Crippen molar-refractivity contribution in [1.29, 1.82) is 0 Å². The summed E-state index contributed by atoms with van der Waals surface area (Å²) in [5.41, 5.74) is 11.7. The van der Waals surface area contributed by atoms with E-state index in [9.17, 15) is 0 Å². The minimum absolute atomic E-state index is 1.12. The van der Waals surface area contributed by atoms with Crippen molar-refractivity contribution >= 4 is 99.5 Å². The van der Waals surface area contributed by atoms with Gasteiger partial charge in [-0.2, -0.15) is 0 Å². The van der Waals surface area contributed by atoms with E-state index in [0.29, 0.717) is 0 Å². The van der Waals surface area contributed by atoms with E-state index in [1.54, 1.807) is 0 Å². The highest BCUT2D eigenvalue weighted by Gasteiger charge is 2.12. The minimum atomic E-state index is 1.12. The van der Waals surface area contributed by atoms with Crippen molar-refractivity contribution in [3.63, 3.8) is 0 Å². The van der Waals surface area contributed by atoms with Crippen LogP contribution in [0.25, 0.3) is 32.7 Å². The number of fused-ring (bicyclic) bond motifs is 3. The van der Waals surface area contributed by atoms with Crippen LogP contribution in [0, 0.1) is 0 Å². The van der Waals surface area contributed by atoms with E-state index in [0.717, 1.165) is 5.69 Å². The number of hydrogen-bond acceptors (Lipinski definition) is 1. The van der Waals surface area contributed by atoms with Crippen LogP contribution in [-0.4, -0.2) is 39.2 Å². The predicted octanol–water partition coefficient (Wildman–Crippen LogP) is -1.30. The van der Waals surface area contributed by atoms with Gasteiger partial charge in [-0.15, -0.1) is 5.46 Å². The number of nitrogens with one attached hydrogen (secondary N) is 1. The lowest BCUT2D eigenvalue weighted by molar-refractivity contribution is 1.59. The lowest BCUT2D eigenvalue weighted by Crippen LogP contribution is -2.55. The van der Waals surface area contributed by atoms with E-state index in [-0.39, 0.29) is 0 Å². The fraction of sp³-hybridized carbons (Fsp3) is 0. The summed E-state index contributed by atoms with van der Waals surface area (Å²) in [7, 11) is 11.1. The molecular formula is C26H24B5N. The topological polar surface area (TPSA) is 12.0 Å². The second-order valence-corrected chi connectivity index (χ2v) is 8.89. The van der Waals surface area contributed by atoms with E-state index < -0.39 is 0 Å². The number of benzene rings is 5. The highest BCUT2D eigenvalue weighted by molar-refractivity contribution is 6.68. The molecule has 0 saturated heterocycles. The zero-order chi connectivity index (χ0) is 22.4. The SMILES string of the molecule is Bc1c(B)c(B)c(Nc2ccc(-c3cc4ccccc4c4ccccc34)cc2)c(B)c1B. The molecule has 6 heteroatoms. The molecule has 0 atom stereocenters. The van der Waals surface area contributed by atoms with Crippen molar-refractivity contribution in [2.75, 3.05) is 5.32 Å². The summed E-state index contributed by atoms with van der Waals surface area (Å²) >= 11 is 0. The molecule has 0 aliphatic carbocycles. The maximum absolute atomic E-state index is 3.69. The molecule has 5 rings (SSSR count). The van der Waals surface area contributed by atoms with Gasteiger partial charge in [0.25, 0.3) is 0 Å². The van der Waals surface area contributed by atoms with Gasteiger partial charge in [-0.25, -0.2) is 0 Å². The Morgan fingerprint density at radius 3 is 1.69 bits per heavy atom. The van der Waals surface area contributed by atoms with Crippen LogP contribution < -0.4 is 32.6 Å². The van der Waals surface area contributed by atoms with Crippen LogP contribution >= 0.6 is 0 Å². The van der Waals surface area contributed by atoms with E-state index in [1.807, 2.05) is 0 Å². The smallest absolute Gasteiger partial charge is 0.141 e. The minimum Gasteiger partial charge on any atom is -0.356 e. The van der Waals surface area contributed by atoms with Crippen LogP contribution in [-0.2, 0) is 0 Å². The van der Waals surface area contributed by atoms with Gasteiger partial charge in [0, 0.05) is 11.4 Å². The summed E-state index contributed by atoms with van der Waals surface area (Å²) in [6, 6.07) is 28.5. The normalized spacial score (nSPS) is 11.1. The molecule has 5 aromatic carbocycles. The Labute approximate surface area is 194 Å². The fourth-order valence-electron chi connectivity index (χ4n) is 4.86. The predicted molar refractivity (Wildman–Crippen MR) is 158 cm³/mol. The maximum atomic E-state index is 3.69. The molecule has 0 unspecified atom stereocenters. The Balaban J connectivity index is 1.57. The Bertz CT molecular complexity index is 1460. The van der Waals surface area contributed by atoms with Gasteiger partial charge in [0.15, 0.2) is 0 Å². The molecule has 0 aliphatic rings. The summed E-state index contributed by atoms with van der Waals surface area (Å²) in [5, 5.41) is 8.88. The molecule has 0 radical (unpaired) electrons. The highest BCUT2D eigenvalue weighted by Crippen LogP contribution is 2.35. The molecular weight excluding hydrogens is 380 g/mol. The van der Waals surface area contributed by atoms with Crippen molar-refractivity contribution in [2.24, 2.45) is 0 Å². The lowest BCUT2D eigenvalue weighted by Gasteiger charge is -2.21. The number of rotatable bonds is 3. The summed E-state index contributed by atoms with van der Waals surface area (Å²) in [6.07, 6.45) is 0. The van der Waals surface area contributed by atoms with Gasteiger partial charge in [-0.1, -0.05) is 82.5 Å². The van der Waals surface area contributed by atoms with Crippen molar-refractivity contribution in [1.82, 2.24) is 0 Å². The molecule has 32 heavy (non-hydrogen) atoms. The molecule has 0 aliphatic heterocycles. The average Bonchev–Trinajstić information content (AvgIpc) is 2.84. The Morgan fingerprint density at radius 1 is 0.500 bits per heavy atom. The molecule has 0 spiro atoms. The van der Waals surface area contributed by atoms with E-state index in [4.69, 9.17) is 0 Å². The van der Waals surface area contributed by atoms with Gasteiger partial charge in [0.05, 0.1) is 0 Å². The first-order valence-corrected chi connectivity index (χ1v) is 11.3. The summed E-state index contributed by atoms with van der Waals surface area (Å²) < 4.78 is 0. The quantitative estimate of drug-likeness (QED) is 0.291. The molecule has 0 fully saturated rings. The zero-order valence-corrected chi connectivity index (χ0v) is 19.5. The van der Waals surface area contributed by atoms with E-state index in [1.165, 1.54) is 65.7 Å².